The molecule has 2 heterocycles. The van der Waals surface area contributed by atoms with Crippen molar-refractivity contribution in [1.29, 1.82) is 0 Å². The summed E-state index contributed by atoms with van der Waals surface area (Å²) in [4.78, 5) is 15.6. The number of carbonyl (C=O) groups is 1. The highest BCUT2D eigenvalue weighted by Crippen LogP contribution is 2.48. The first-order valence-corrected chi connectivity index (χ1v) is 12.4. The van der Waals surface area contributed by atoms with E-state index in [4.69, 9.17) is 23.2 Å². The Bertz CT molecular complexity index is 1640. The monoisotopic (exact) mass is 514 g/mol. The third-order valence-corrected chi connectivity index (χ3v) is 7.48. The van der Waals surface area contributed by atoms with Crippen LogP contribution in [0.4, 0.5) is 4.39 Å². The van der Waals surface area contributed by atoms with Gasteiger partial charge in [0.2, 0.25) is 0 Å². The summed E-state index contributed by atoms with van der Waals surface area (Å²) >= 11 is 13.0. The molecule has 3 nitrogen and oxygen atoms in total. The molecule has 0 N–H and O–H groups in total. The summed E-state index contributed by atoms with van der Waals surface area (Å²) in [5, 5.41) is 2.14. The lowest BCUT2D eigenvalue weighted by atomic mass is 9.93. The molecule has 0 spiro atoms. The number of halogens is 3. The predicted octanol–water partition coefficient (Wildman–Crippen LogP) is 8.04. The van der Waals surface area contributed by atoms with Crippen molar-refractivity contribution in [2.24, 2.45) is 7.05 Å². The molecule has 0 radical (unpaired) electrons. The Morgan fingerprint density at radius 3 is 2.36 bits per heavy atom. The predicted molar refractivity (Wildman–Crippen MR) is 143 cm³/mol. The molecule has 1 aromatic heterocycles. The molecule has 178 valence electrons. The highest BCUT2D eigenvalue weighted by atomic mass is 35.5. The number of amides is 1. The van der Waals surface area contributed by atoms with E-state index in [1.807, 2.05) is 60.5 Å². The van der Waals surface area contributed by atoms with Crippen molar-refractivity contribution in [3.05, 3.63) is 129 Å². The van der Waals surface area contributed by atoms with E-state index in [1.165, 1.54) is 12.1 Å². The molecule has 36 heavy (non-hydrogen) atoms. The van der Waals surface area contributed by atoms with E-state index >= 15 is 0 Å². The SMILES string of the molecule is Cn1c(-c2ccc(Cl)cc2Cl)c(C2c3ccccc3C(=O)N2Cc2ccc(F)cc2)c2ccccc21. The number of para-hydroxylation sites is 1. The van der Waals surface area contributed by atoms with Gasteiger partial charge in [-0.25, -0.2) is 4.39 Å². The summed E-state index contributed by atoms with van der Waals surface area (Å²) < 4.78 is 15.7. The van der Waals surface area contributed by atoms with Crippen LogP contribution >= 0.6 is 23.2 Å². The minimum Gasteiger partial charge on any atom is -0.343 e. The van der Waals surface area contributed by atoms with Crippen LogP contribution in [0, 0.1) is 5.82 Å². The van der Waals surface area contributed by atoms with Crippen LogP contribution in [0.2, 0.25) is 10.0 Å². The Morgan fingerprint density at radius 1 is 0.861 bits per heavy atom. The van der Waals surface area contributed by atoms with Gasteiger partial charge in [0, 0.05) is 46.2 Å². The maximum Gasteiger partial charge on any atom is 0.255 e. The van der Waals surface area contributed by atoms with Crippen molar-refractivity contribution in [2.45, 2.75) is 12.6 Å². The van der Waals surface area contributed by atoms with E-state index in [0.29, 0.717) is 22.2 Å². The topological polar surface area (TPSA) is 25.2 Å². The van der Waals surface area contributed by atoms with Gasteiger partial charge in [-0.3, -0.25) is 4.79 Å². The Labute approximate surface area is 218 Å². The van der Waals surface area contributed by atoms with Crippen LogP contribution in [-0.4, -0.2) is 15.4 Å². The van der Waals surface area contributed by atoms with Gasteiger partial charge in [0.1, 0.15) is 5.82 Å². The number of fused-ring (bicyclic) bond motifs is 2. The van der Waals surface area contributed by atoms with Crippen LogP contribution in [0.15, 0.2) is 91.0 Å². The summed E-state index contributed by atoms with van der Waals surface area (Å²) in [5.74, 6) is -0.360. The van der Waals surface area contributed by atoms with Crippen LogP contribution in [0.1, 0.15) is 33.1 Å². The number of hydrogen-bond acceptors (Lipinski definition) is 1. The summed E-state index contributed by atoms with van der Waals surface area (Å²) in [6.07, 6.45) is 0. The van der Waals surface area contributed by atoms with Gasteiger partial charge in [0.25, 0.3) is 5.91 Å². The van der Waals surface area contributed by atoms with Gasteiger partial charge in [-0.15, -0.1) is 0 Å². The Hall–Kier alpha value is -3.60. The molecule has 4 aromatic carbocycles. The third-order valence-electron chi connectivity index (χ3n) is 6.93. The molecule has 0 bridgehead atoms. The molecule has 0 saturated heterocycles. The Kier molecular flexibility index (Phi) is 5.59. The molecular formula is C30H21Cl2FN2O. The molecular weight excluding hydrogens is 494 g/mol. The van der Waals surface area contributed by atoms with Crippen molar-refractivity contribution >= 4 is 40.0 Å². The zero-order chi connectivity index (χ0) is 25.0. The fourth-order valence-corrected chi connectivity index (χ4v) is 5.84. The maximum atomic E-state index is 13.8. The van der Waals surface area contributed by atoms with Crippen LogP contribution in [0.25, 0.3) is 22.2 Å². The number of aryl methyl sites for hydroxylation is 1. The molecule has 0 saturated carbocycles. The molecule has 1 unspecified atom stereocenters. The minimum atomic E-state index is -0.355. The summed E-state index contributed by atoms with van der Waals surface area (Å²) in [7, 11) is 2.01. The molecule has 0 aliphatic carbocycles. The highest BCUT2D eigenvalue weighted by molar-refractivity contribution is 6.36. The Balaban J connectivity index is 1.63. The number of benzene rings is 4. The van der Waals surface area contributed by atoms with E-state index in [-0.39, 0.29) is 17.8 Å². The standard InChI is InChI=1S/C30H21Cl2FN2O/c1-34-26-9-5-4-8-24(26)27(28(34)23-15-12-19(31)16-25(23)32)29-21-6-2-3-7-22(21)30(36)35(29)17-18-10-13-20(33)14-11-18/h2-16,29H,17H2,1H3. The van der Waals surface area contributed by atoms with Crippen molar-refractivity contribution in [2.75, 3.05) is 0 Å². The smallest absolute Gasteiger partial charge is 0.255 e. The third kappa shape index (κ3) is 3.60. The molecule has 5 aromatic rings. The second-order valence-corrected chi connectivity index (χ2v) is 9.86. The number of nitrogens with zero attached hydrogens (tertiary/aromatic N) is 2. The van der Waals surface area contributed by atoms with Crippen molar-refractivity contribution in [1.82, 2.24) is 9.47 Å². The van der Waals surface area contributed by atoms with Gasteiger partial charge in [0.15, 0.2) is 0 Å². The fraction of sp³-hybridized carbons (Fsp3) is 0.100. The van der Waals surface area contributed by atoms with Crippen LogP contribution in [0.3, 0.4) is 0 Å². The van der Waals surface area contributed by atoms with Crippen molar-refractivity contribution in [3.8, 4) is 11.3 Å². The zero-order valence-electron chi connectivity index (χ0n) is 19.4. The lowest BCUT2D eigenvalue weighted by Crippen LogP contribution is -2.28. The fourth-order valence-electron chi connectivity index (χ4n) is 5.34. The average molecular weight is 515 g/mol. The second kappa shape index (κ2) is 8.81. The van der Waals surface area contributed by atoms with Crippen LogP contribution < -0.4 is 0 Å². The first-order chi connectivity index (χ1) is 17.4. The average Bonchev–Trinajstić information content (AvgIpc) is 3.31. The zero-order valence-corrected chi connectivity index (χ0v) is 20.9. The van der Waals surface area contributed by atoms with Gasteiger partial charge in [-0.05, 0) is 53.6 Å². The normalized spacial score (nSPS) is 15.1. The molecule has 0 fully saturated rings. The largest absolute Gasteiger partial charge is 0.343 e. The van der Waals surface area contributed by atoms with E-state index < -0.39 is 0 Å². The molecule has 1 atom stereocenters. The van der Waals surface area contributed by atoms with Crippen molar-refractivity contribution < 1.29 is 9.18 Å². The summed E-state index contributed by atoms with van der Waals surface area (Å²) in [5.41, 5.74) is 6.27. The molecule has 1 aliphatic heterocycles. The number of aromatic nitrogens is 1. The molecule has 6 rings (SSSR count). The van der Waals surface area contributed by atoms with Gasteiger partial charge in [-0.2, -0.15) is 0 Å². The maximum absolute atomic E-state index is 13.8. The quantitative estimate of drug-likeness (QED) is 0.238. The Morgan fingerprint density at radius 2 is 1.58 bits per heavy atom. The van der Waals surface area contributed by atoms with E-state index in [0.717, 1.165) is 38.9 Å². The molecule has 6 heteroatoms. The lowest BCUT2D eigenvalue weighted by Gasteiger charge is -2.27. The van der Waals surface area contributed by atoms with Crippen LogP contribution in [0.5, 0.6) is 0 Å². The van der Waals surface area contributed by atoms with E-state index in [2.05, 4.69) is 16.7 Å². The number of rotatable bonds is 4. The first kappa shape index (κ1) is 22.8. The summed E-state index contributed by atoms with van der Waals surface area (Å²) in [6.45, 7) is 0.343. The van der Waals surface area contributed by atoms with E-state index in [9.17, 15) is 9.18 Å². The molecule has 1 amide bonds. The lowest BCUT2D eigenvalue weighted by molar-refractivity contribution is 0.0737. The van der Waals surface area contributed by atoms with Crippen molar-refractivity contribution in [3.63, 3.8) is 0 Å². The van der Waals surface area contributed by atoms with Crippen LogP contribution in [-0.2, 0) is 13.6 Å². The first-order valence-electron chi connectivity index (χ1n) is 11.6. The molecule has 1 aliphatic rings. The van der Waals surface area contributed by atoms with Gasteiger partial charge in [0.05, 0.1) is 16.8 Å². The van der Waals surface area contributed by atoms with E-state index in [1.54, 1.807) is 18.2 Å². The summed E-state index contributed by atoms with van der Waals surface area (Å²) in [6, 6.07) is 27.3. The van der Waals surface area contributed by atoms with Gasteiger partial charge in [-0.1, -0.05) is 71.7 Å². The number of carbonyl (C=O) groups excluding carboxylic acids is 1. The number of hydrogen-bond donors (Lipinski definition) is 0. The second-order valence-electron chi connectivity index (χ2n) is 9.01. The highest BCUT2D eigenvalue weighted by Gasteiger charge is 2.40. The van der Waals surface area contributed by atoms with Gasteiger partial charge < -0.3 is 9.47 Å². The minimum absolute atomic E-state index is 0.0546. The van der Waals surface area contributed by atoms with Gasteiger partial charge >= 0.3 is 0 Å².